The Morgan fingerprint density at radius 1 is 1.25 bits per heavy atom. The van der Waals surface area contributed by atoms with Gasteiger partial charge in [0, 0.05) is 32.8 Å². The van der Waals surface area contributed by atoms with E-state index in [1.54, 1.807) is 13.2 Å². The fourth-order valence-corrected chi connectivity index (χ4v) is 4.48. The maximum absolute atomic E-state index is 13.8. The predicted molar refractivity (Wildman–Crippen MR) is 109 cm³/mol. The van der Waals surface area contributed by atoms with Crippen LogP contribution in [0.5, 0.6) is 0 Å². The van der Waals surface area contributed by atoms with E-state index < -0.39 is 0 Å². The van der Waals surface area contributed by atoms with Crippen LogP contribution in [0.15, 0.2) is 18.2 Å². The Balaban J connectivity index is 1.46. The highest BCUT2D eigenvalue weighted by Crippen LogP contribution is 2.25. The quantitative estimate of drug-likeness (QED) is 0.726. The number of rotatable bonds is 7. The first-order valence-electron chi connectivity index (χ1n) is 10.6. The minimum absolute atomic E-state index is 0.0959. The van der Waals surface area contributed by atoms with E-state index in [-0.39, 0.29) is 17.6 Å². The Morgan fingerprint density at radius 2 is 2.04 bits per heavy atom. The van der Waals surface area contributed by atoms with Crippen molar-refractivity contribution in [3.8, 4) is 0 Å². The molecule has 0 unspecified atom stereocenters. The van der Waals surface area contributed by atoms with Crippen molar-refractivity contribution in [1.82, 2.24) is 15.1 Å². The van der Waals surface area contributed by atoms with Crippen molar-refractivity contribution in [3.63, 3.8) is 0 Å². The molecule has 1 aromatic rings. The molecule has 2 heterocycles. The van der Waals surface area contributed by atoms with Crippen molar-refractivity contribution >= 4 is 5.91 Å². The maximum Gasteiger partial charge on any atom is 0.224 e. The van der Waals surface area contributed by atoms with Crippen molar-refractivity contribution in [2.45, 2.75) is 45.2 Å². The van der Waals surface area contributed by atoms with Gasteiger partial charge in [-0.15, -0.1) is 0 Å². The average Bonchev–Trinajstić information content (AvgIpc) is 2.72. The van der Waals surface area contributed by atoms with Crippen LogP contribution in [0.3, 0.4) is 0 Å². The van der Waals surface area contributed by atoms with Crippen molar-refractivity contribution < 1.29 is 13.9 Å². The van der Waals surface area contributed by atoms with Crippen molar-refractivity contribution in [2.24, 2.45) is 5.92 Å². The van der Waals surface area contributed by atoms with Gasteiger partial charge < -0.3 is 10.1 Å². The van der Waals surface area contributed by atoms with Crippen molar-refractivity contribution in [3.05, 3.63) is 35.1 Å². The zero-order chi connectivity index (χ0) is 19.9. The second-order valence-corrected chi connectivity index (χ2v) is 8.15. The molecule has 1 N–H and O–H groups in total. The van der Waals surface area contributed by atoms with E-state index in [2.05, 4.69) is 15.1 Å². The minimum Gasteiger partial charge on any atom is -0.383 e. The third kappa shape index (κ3) is 5.52. The van der Waals surface area contributed by atoms with Gasteiger partial charge in [-0.25, -0.2) is 4.39 Å². The standard InChI is InChI=1S/C22H34FN3O2/c1-17-18(5-3-7-21(17)23)15-25-12-8-20(9-13-25)26-11-4-6-19(16-26)22(27)24-10-14-28-2/h3,5,7,19-20H,4,6,8-16H2,1-2H3,(H,24,27)/t19-/m0/s1. The lowest BCUT2D eigenvalue weighted by Crippen LogP contribution is -2.50. The van der Waals surface area contributed by atoms with E-state index >= 15 is 0 Å². The summed E-state index contributed by atoms with van der Waals surface area (Å²) in [4.78, 5) is 17.3. The highest BCUT2D eigenvalue weighted by atomic mass is 19.1. The molecule has 0 saturated carbocycles. The molecule has 0 radical (unpaired) electrons. The number of nitrogens with one attached hydrogen (secondary N) is 1. The Morgan fingerprint density at radius 3 is 2.79 bits per heavy atom. The number of carbonyl (C=O) groups is 1. The third-order valence-corrected chi connectivity index (χ3v) is 6.28. The zero-order valence-electron chi connectivity index (χ0n) is 17.3. The summed E-state index contributed by atoms with van der Waals surface area (Å²) in [5.41, 5.74) is 1.85. The summed E-state index contributed by atoms with van der Waals surface area (Å²) >= 11 is 0. The van der Waals surface area contributed by atoms with Gasteiger partial charge in [0.1, 0.15) is 5.82 Å². The SMILES string of the molecule is COCCNC(=O)[C@H]1CCCN(C2CCN(Cc3cccc(F)c3C)CC2)C1. The van der Waals surface area contributed by atoms with E-state index in [9.17, 15) is 9.18 Å². The number of hydrogen-bond donors (Lipinski definition) is 1. The second kappa shape index (κ2) is 10.3. The highest BCUT2D eigenvalue weighted by molar-refractivity contribution is 5.78. The molecular weight excluding hydrogens is 357 g/mol. The lowest BCUT2D eigenvalue weighted by Gasteiger charge is -2.42. The van der Waals surface area contributed by atoms with Crippen molar-refractivity contribution in [1.29, 1.82) is 0 Å². The van der Waals surface area contributed by atoms with E-state index in [0.717, 1.165) is 69.5 Å². The summed E-state index contributed by atoms with van der Waals surface area (Å²) in [5, 5.41) is 2.99. The van der Waals surface area contributed by atoms with E-state index in [4.69, 9.17) is 4.74 Å². The Hall–Kier alpha value is -1.50. The molecule has 1 aromatic carbocycles. The fourth-order valence-electron chi connectivity index (χ4n) is 4.48. The van der Waals surface area contributed by atoms with E-state index in [1.807, 2.05) is 13.0 Å². The molecule has 6 heteroatoms. The van der Waals surface area contributed by atoms with Crippen LogP contribution in [0, 0.1) is 18.7 Å². The van der Waals surface area contributed by atoms with Gasteiger partial charge in [0.25, 0.3) is 0 Å². The van der Waals surface area contributed by atoms with E-state index in [0.29, 0.717) is 19.2 Å². The summed E-state index contributed by atoms with van der Waals surface area (Å²) in [6, 6.07) is 5.92. The largest absolute Gasteiger partial charge is 0.383 e. The smallest absolute Gasteiger partial charge is 0.224 e. The van der Waals surface area contributed by atoms with Crippen LogP contribution < -0.4 is 5.32 Å². The number of likely N-dealkylation sites (tertiary alicyclic amines) is 2. The predicted octanol–water partition coefficient (Wildman–Crippen LogP) is 2.57. The van der Waals surface area contributed by atoms with E-state index in [1.165, 1.54) is 6.07 Å². The summed E-state index contributed by atoms with van der Waals surface area (Å²) in [7, 11) is 1.65. The van der Waals surface area contributed by atoms with Gasteiger partial charge in [-0.1, -0.05) is 12.1 Å². The molecule has 28 heavy (non-hydrogen) atoms. The number of amides is 1. The van der Waals surface area contributed by atoms with Crippen LogP contribution >= 0.6 is 0 Å². The second-order valence-electron chi connectivity index (χ2n) is 8.15. The Bertz CT molecular complexity index is 647. The van der Waals surface area contributed by atoms with Crippen LogP contribution in [0.25, 0.3) is 0 Å². The number of carbonyl (C=O) groups excluding carboxylic acids is 1. The molecule has 2 aliphatic heterocycles. The first-order chi connectivity index (χ1) is 13.6. The van der Waals surface area contributed by atoms with Gasteiger partial charge in [-0.3, -0.25) is 14.6 Å². The zero-order valence-corrected chi connectivity index (χ0v) is 17.3. The normalized spacial score (nSPS) is 22.3. The molecule has 2 fully saturated rings. The van der Waals surface area contributed by atoms with Gasteiger partial charge >= 0.3 is 0 Å². The van der Waals surface area contributed by atoms with Gasteiger partial charge in [0.2, 0.25) is 5.91 Å². The number of nitrogens with zero attached hydrogens (tertiary/aromatic N) is 2. The monoisotopic (exact) mass is 391 g/mol. The lowest BCUT2D eigenvalue weighted by atomic mass is 9.93. The van der Waals surface area contributed by atoms with Gasteiger partial charge in [-0.2, -0.15) is 0 Å². The molecule has 3 rings (SSSR count). The summed E-state index contributed by atoms with van der Waals surface area (Å²) in [6.45, 7) is 7.85. The molecular formula is C22H34FN3O2. The van der Waals surface area contributed by atoms with Crippen LogP contribution in [-0.2, 0) is 16.1 Å². The lowest BCUT2D eigenvalue weighted by molar-refractivity contribution is -0.127. The average molecular weight is 392 g/mol. The van der Waals surface area contributed by atoms with Gasteiger partial charge in [0.05, 0.1) is 12.5 Å². The summed E-state index contributed by atoms with van der Waals surface area (Å²) in [6.07, 6.45) is 4.30. The van der Waals surface area contributed by atoms with Crippen LogP contribution in [-0.4, -0.2) is 68.2 Å². The van der Waals surface area contributed by atoms with Crippen molar-refractivity contribution in [2.75, 3.05) is 46.4 Å². The maximum atomic E-state index is 13.8. The fraction of sp³-hybridized carbons (Fsp3) is 0.682. The van der Waals surface area contributed by atoms with Gasteiger partial charge in [-0.05, 0) is 69.4 Å². The number of piperidine rings is 2. The van der Waals surface area contributed by atoms with Crippen LogP contribution in [0.1, 0.15) is 36.8 Å². The first kappa shape index (κ1) is 21.2. The van der Waals surface area contributed by atoms with Gasteiger partial charge in [0.15, 0.2) is 0 Å². The highest BCUT2D eigenvalue weighted by Gasteiger charge is 2.31. The molecule has 156 valence electrons. The number of hydrogen-bond acceptors (Lipinski definition) is 4. The number of ether oxygens (including phenoxy) is 1. The topological polar surface area (TPSA) is 44.8 Å². The molecule has 0 aliphatic carbocycles. The molecule has 2 saturated heterocycles. The van der Waals surface area contributed by atoms with Crippen LogP contribution in [0.2, 0.25) is 0 Å². The number of methoxy groups -OCH3 is 1. The minimum atomic E-state index is -0.115. The molecule has 0 spiro atoms. The molecule has 1 amide bonds. The Kier molecular flexibility index (Phi) is 7.82. The first-order valence-corrected chi connectivity index (χ1v) is 10.6. The number of benzene rings is 1. The summed E-state index contributed by atoms with van der Waals surface area (Å²) < 4.78 is 18.8. The molecule has 0 aromatic heterocycles. The molecule has 2 aliphatic rings. The molecule has 1 atom stereocenters. The number of halogens is 1. The summed E-state index contributed by atoms with van der Waals surface area (Å²) in [5.74, 6) is 0.148. The Labute approximate surface area is 168 Å². The third-order valence-electron chi connectivity index (χ3n) is 6.28. The van der Waals surface area contributed by atoms with Crippen LogP contribution in [0.4, 0.5) is 4.39 Å². The molecule has 5 nitrogen and oxygen atoms in total. The molecule has 0 bridgehead atoms.